The molecule has 0 saturated carbocycles. The first-order valence-corrected chi connectivity index (χ1v) is 6.50. The Hall–Kier alpha value is -1.68. The van der Waals surface area contributed by atoms with Gasteiger partial charge in [0.15, 0.2) is 5.82 Å². The normalized spacial score (nSPS) is 11.1. The number of nitrogens with zero attached hydrogens (tertiary/aromatic N) is 3. The van der Waals surface area contributed by atoms with Crippen molar-refractivity contribution in [2.45, 2.75) is 6.92 Å². The van der Waals surface area contributed by atoms with Crippen molar-refractivity contribution in [3.63, 3.8) is 0 Å². The monoisotopic (exact) mass is 301 g/mol. The predicted molar refractivity (Wildman–Crippen MR) is 76.4 cm³/mol. The fourth-order valence-electron chi connectivity index (χ4n) is 2.01. The first-order valence-electron chi connectivity index (χ1n) is 5.71. The van der Waals surface area contributed by atoms with Gasteiger partial charge in [0.1, 0.15) is 5.52 Å². The van der Waals surface area contributed by atoms with Crippen molar-refractivity contribution in [1.29, 1.82) is 0 Å². The maximum Gasteiger partial charge on any atom is 0.159 e. The molecule has 0 fully saturated rings. The molecule has 1 aromatic carbocycles. The molecule has 0 saturated heterocycles. The largest absolute Gasteiger partial charge is 0.344 e. The molecule has 18 heavy (non-hydrogen) atoms. The quantitative estimate of drug-likeness (QED) is 0.686. The number of halogens is 1. The molecule has 0 unspecified atom stereocenters. The zero-order valence-electron chi connectivity index (χ0n) is 10.2. The molecule has 0 N–H and O–H groups in total. The predicted octanol–water partition coefficient (Wildman–Crippen LogP) is 3.71. The van der Waals surface area contributed by atoms with Crippen LogP contribution in [0.15, 0.2) is 41.0 Å². The van der Waals surface area contributed by atoms with Gasteiger partial charge in [-0.25, -0.2) is 9.97 Å². The van der Waals surface area contributed by atoms with Crippen LogP contribution in [-0.4, -0.2) is 14.5 Å². The molecule has 0 aliphatic rings. The first-order chi connectivity index (χ1) is 8.68. The Labute approximate surface area is 114 Å². The number of benzene rings is 1. The fraction of sp³-hybridized carbons (Fsp3) is 0.143. The molecule has 2 aromatic heterocycles. The molecule has 90 valence electrons. The Bertz CT molecular complexity index is 717. The van der Waals surface area contributed by atoms with E-state index in [4.69, 9.17) is 0 Å². The van der Waals surface area contributed by atoms with Crippen LogP contribution < -0.4 is 0 Å². The first kappa shape index (κ1) is 11.4. The highest BCUT2D eigenvalue weighted by molar-refractivity contribution is 9.10. The van der Waals surface area contributed by atoms with E-state index >= 15 is 0 Å². The lowest BCUT2D eigenvalue weighted by atomic mass is 10.2. The van der Waals surface area contributed by atoms with E-state index in [0.29, 0.717) is 0 Å². The third kappa shape index (κ3) is 1.64. The third-order valence-corrected chi connectivity index (χ3v) is 4.14. The van der Waals surface area contributed by atoms with E-state index in [1.807, 2.05) is 43.6 Å². The van der Waals surface area contributed by atoms with E-state index in [9.17, 15) is 0 Å². The molecule has 4 heteroatoms. The molecular formula is C14H12BrN3. The van der Waals surface area contributed by atoms with Gasteiger partial charge in [-0.05, 0) is 22.9 Å². The Morgan fingerprint density at radius 1 is 1.17 bits per heavy atom. The van der Waals surface area contributed by atoms with Gasteiger partial charge in [0.25, 0.3) is 0 Å². The number of aromatic nitrogens is 3. The van der Waals surface area contributed by atoms with Crippen LogP contribution in [0.4, 0.5) is 0 Å². The topological polar surface area (TPSA) is 30.7 Å². The molecule has 0 aliphatic heterocycles. The van der Waals surface area contributed by atoms with Gasteiger partial charge in [-0.2, -0.15) is 0 Å². The average Bonchev–Trinajstić information content (AvgIpc) is 2.65. The summed E-state index contributed by atoms with van der Waals surface area (Å²) in [5.74, 6) is 0.759. The van der Waals surface area contributed by atoms with Crippen LogP contribution in [0.3, 0.4) is 0 Å². The van der Waals surface area contributed by atoms with Crippen molar-refractivity contribution in [3.05, 3.63) is 46.7 Å². The molecule has 3 nitrogen and oxygen atoms in total. The Balaban J connectivity index is 2.27. The van der Waals surface area contributed by atoms with Gasteiger partial charge in [0.2, 0.25) is 0 Å². The highest BCUT2D eigenvalue weighted by Crippen LogP contribution is 2.29. The van der Waals surface area contributed by atoms with Crippen LogP contribution in [0, 0.1) is 6.92 Å². The number of aryl methyl sites for hydroxylation is 1. The van der Waals surface area contributed by atoms with Crippen LogP contribution in [0.5, 0.6) is 0 Å². The Morgan fingerprint density at radius 3 is 2.61 bits per heavy atom. The van der Waals surface area contributed by atoms with E-state index in [-0.39, 0.29) is 0 Å². The Morgan fingerprint density at radius 2 is 1.89 bits per heavy atom. The van der Waals surface area contributed by atoms with Crippen molar-refractivity contribution < 1.29 is 0 Å². The summed E-state index contributed by atoms with van der Waals surface area (Å²) in [4.78, 5) is 9.09. The van der Waals surface area contributed by atoms with Crippen molar-refractivity contribution in [2.24, 2.45) is 7.05 Å². The molecule has 0 spiro atoms. The minimum Gasteiger partial charge on any atom is -0.344 e. The summed E-state index contributed by atoms with van der Waals surface area (Å²) in [6, 6.07) is 10.0. The molecule has 0 aliphatic carbocycles. The van der Waals surface area contributed by atoms with Crippen LogP contribution in [0.1, 0.15) is 5.69 Å². The lowest BCUT2D eigenvalue weighted by Crippen LogP contribution is -1.92. The second kappa shape index (κ2) is 4.21. The van der Waals surface area contributed by atoms with Crippen LogP contribution >= 0.6 is 15.9 Å². The number of hydrogen-bond donors (Lipinski definition) is 0. The molecule has 3 rings (SSSR count). The van der Waals surface area contributed by atoms with E-state index in [1.54, 1.807) is 0 Å². The molecule has 0 radical (unpaired) electrons. The van der Waals surface area contributed by atoms with E-state index in [2.05, 4.69) is 37.4 Å². The van der Waals surface area contributed by atoms with Gasteiger partial charge in [0.05, 0.1) is 16.2 Å². The maximum absolute atomic E-state index is 4.65. The minimum atomic E-state index is 0.759. The van der Waals surface area contributed by atoms with Crippen molar-refractivity contribution in [3.8, 4) is 11.4 Å². The minimum absolute atomic E-state index is 0.759. The van der Waals surface area contributed by atoms with Crippen LogP contribution in [0.25, 0.3) is 22.4 Å². The molecule has 0 amide bonds. The summed E-state index contributed by atoms with van der Waals surface area (Å²) in [6.45, 7) is 2.06. The molecule has 2 heterocycles. The maximum atomic E-state index is 4.65. The van der Waals surface area contributed by atoms with Crippen LogP contribution in [-0.2, 0) is 7.05 Å². The van der Waals surface area contributed by atoms with Crippen molar-refractivity contribution >= 4 is 27.0 Å². The summed E-state index contributed by atoms with van der Waals surface area (Å²) >= 11 is 3.60. The number of hydrogen-bond acceptors (Lipinski definition) is 2. The molecule has 0 bridgehead atoms. The van der Waals surface area contributed by atoms with Gasteiger partial charge < -0.3 is 4.57 Å². The second-order valence-electron chi connectivity index (χ2n) is 4.25. The standard InChI is InChI=1S/C14H12BrN3/c1-9-12(15)13-11(18(9)2)8-16-14(17-13)10-6-4-3-5-7-10/h3-8H,1-2H3. The average molecular weight is 302 g/mol. The van der Waals surface area contributed by atoms with Crippen molar-refractivity contribution in [1.82, 2.24) is 14.5 Å². The highest BCUT2D eigenvalue weighted by Gasteiger charge is 2.12. The van der Waals surface area contributed by atoms with E-state index in [0.717, 1.165) is 32.6 Å². The summed E-state index contributed by atoms with van der Waals surface area (Å²) in [5, 5.41) is 0. The van der Waals surface area contributed by atoms with Gasteiger partial charge in [-0.3, -0.25) is 0 Å². The van der Waals surface area contributed by atoms with Crippen molar-refractivity contribution in [2.75, 3.05) is 0 Å². The molecule has 0 atom stereocenters. The number of rotatable bonds is 1. The van der Waals surface area contributed by atoms with E-state index in [1.165, 1.54) is 0 Å². The Kier molecular flexibility index (Phi) is 2.67. The highest BCUT2D eigenvalue weighted by atomic mass is 79.9. The van der Waals surface area contributed by atoms with E-state index < -0.39 is 0 Å². The zero-order chi connectivity index (χ0) is 12.7. The second-order valence-corrected chi connectivity index (χ2v) is 5.04. The van der Waals surface area contributed by atoms with Crippen LogP contribution in [0.2, 0.25) is 0 Å². The van der Waals surface area contributed by atoms with Gasteiger partial charge in [-0.15, -0.1) is 0 Å². The molecular weight excluding hydrogens is 290 g/mol. The van der Waals surface area contributed by atoms with Gasteiger partial charge in [0, 0.05) is 18.3 Å². The number of fused-ring (bicyclic) bond motifs is 1. The third-order valence-electron chi connectivity index (χ3n) is 3.19. The summed E-state index contributed by atoms with van der Waals surface area (Å²) in [7, 11) is 2.02. The molecule has 3 aromatic rings. The fourth-order valence-corrected chi connectivity index (χ4v) is 2.57. The lowest BCUT2D eigenvalue weighted by Gasteiger charge is -2.01. The summed E-state index contributed by atoms with van der Waals surface area (Å²) < 4.78 is 3.13. The smallest absolute Gasteiger partial charge is 0.159 e. The van der Waals surface area contributed by atoms with Gasteiger partial charge >= 0.3 is 0 Å². The van der Waals surface area contributed by atoms with Gasteiger partial charge in [-0.1, -0.05) is 30.3 Å². The summed E-state index contributed by atoms with van der Waals surface area (Å²) in [6.07, 6.45) is 1.88. The summed E-state index contributed by atoms with van der Waals surface area (Å²) in [5.41, 5.74) is 4.19. The zero-order valence-corrected chi connectivity index (χ0v) is 11.8. The SMILES string of the molecule is Cc1c(Br)c2nc(-c3ccccc3)ncc2n1C. The lowest BCUT2D eigenvalue weighted by molar-refractivity contribution is 0.910.